The third-order valence-corrected chi connectivity index (χ3v) is 3.01. The fourth-order valence-corrected chi connectivity index (χ4v) is 1.82. The van der Waals surface area contributed by atoms with E-state index in [9.17, 15) is 15.3 Å². The van der Waals surface area contributed by atoms with Gasteiger partial charge in [-0.1, -0.05) is 0 Å². The molecular formula is C11H17N3O8. The molecule has 11 nitrogen and oxygen atoms in total. The van der Waals surface area contributed by atoms with E-state index in [1.165, 1.54) is 14.2 Å². The number of aliphatic hydroxyl groups is 4. The highest BCUT2D eigenvalue weighted by Crippen LogP contribution is 2.24. The van der Waals surface area contributed by atoms with Crippen LogP contribution in [0, 0.1) is 0 Å². The molecule has 0 radical (unpaired) electrons. The van der Waals surface area contributed by atoms with Crippen LogP contribution >= 0.6 is 0 Å². The molecule has 0 aliphatic carbocycles. The molecule has 1 fully saturated rings. The molecule has 0 bridgehead atoms. The number of methoxy groups -OCH3 is 2. The van der Waals surface area contributed by atoms with E-state index in [2.05, 4.69) is 15.0 Å². The second-order valence-electron chi connectivity index (χ2n) is 4.41. The molecule has 124 valence electrons. The Morgan fingerprint density at radius 1 is 0.909 bits per heavy atom. The predicted molar refractivity (Wildman–Crippen MR) is 67.3 cm³/mol. The van der Waals surface area contributed by atoms with Crippen LogP contribution in [-0.4, -0.2) is 86.9 Å². The molecule has 1 aromatic rings. The van der Waals surface area contributed by atoms with Gasteiger partial charge in [-0.15, -0.1) is 15.0 Å². The minimum absolute atomic E-state index is 0.0913. The Bertz CT molecular complexity index is 480. The third kappa shape index (κ3) is 3.34. The maximum atomic E-state index is 9.86. The Labute approximate surface area is 125 Å². The lowest BCUT2D eigenvalue weighted by Gasteiger charge is -2.39. The van der Waals surface area contributed by atoms with E-state index in [0.29, 0.717) is 0 Å². The molecule has 2 rings (SSSR count). The standard InChI is InChI=1S/C11H17N3O8/c1-19-9-12-10(20-2)14-11(13-9)22-8-7(18)6(17)5(16)4(3-15)21-8/h4-8,15-18H,3H2,1-2H3/t4-,5+,6+,7-,8+/m1/s1. The average molecular weight is 319 g/mol. The zero-order valence-corrected chi connectivity index (χ0v) is 11.9. The second kappa shape index (κ2) is 6.98. The summed E-state index contributed by atoms with van der Waals surface area (Å²) in [6.45, 7) is -0.575. The Morgan fingerprint density at radius 2 is 1.45 bits per heavy atom. The van der Waals surface area contributed by atoms with E-state index < -0.39 is 37.3 Å². The first-order chi connectivity index (χ1) is 10.5. The van der Waals surface area contributed by atoms with Crippen molar-refractivity contribution in [1.82, 2.24) is 15.0 Å². The fourth-order valence-electron chi connectivity index (χ4n) is 1.82. The van der Waals surface area contributed by atoms with Crippen molar-refractivity contribution in [2.24, 2.45) is 0 Å². The molecule has 0 aromatic carbocycles. The van der Waals surface area contributed by atoms with Crippen LogP contribution in [0.4, 0.5) is 0 Å². The summed E-state index contributed by atoms with van der Waals surface area (Å²) in [6.07, 6.45) is -7.14. The first-order valence-electron chi connectivity index (χ1n) is 6.31. The van der Waals surface area contributed by atoms with Gasteiger partial charge >= 0.3 is 18.0 Å². The molecule has 11 heteroatoms. The van der Waals surface area contributed by atoms with Crippen molar-refractivity contribution in [3.05, 3.63) is 0 Å². The third-order valence-electron chi connectivity index (χ3n) is 3.01. The van der Waals surface area contributed by atoms with Crippen LogP contribution in [-0.2, 0) is 4.74 Å². The predicted octanol–water partition coefficient (Wildman–Crippen LogP) is -2.93. The highest BCUT2D eigenvalue weighted by Gasteiger charge is 2.45. The summed E-state index contributed by atoms with van der Waals surface area (Å²) in [4.78, 5) is 11.3. The minimum atomic E-state index is -1.58. The summed E-state index contributed by atoms with van der Waals surface area (Å²) < 4.78 is 20.1. The quantitative estimate of drug-likeness (QED) is 0.440. The van der Waals surface area contributed by atoms with Gasteiger partial charge in [-0.3, -0.25) is 0 Å². The number of hydrogen-bond acceptors (Lipinski definition) is 11. The van der Waals surface area contributed by atoms with E-state index in [-0.39, 0.29) is 18.0 Å². The highest BCUT2D eigenvalue weighted by molar-refractivity contribution is 5.09. The molecule has 0 spiro atoms. The van der Waals surface area contributed by atoms with Gasteiger partial charge in [0, 0.05) is 0 Å². The van der Waals surface area contributed by atoms with Gasteiger partial charge in [0.15, 0.2) is 0 Å². The molecule has 4 N–H and O–H groups in total. The smallest absolute Gasteiger partial charge is 0.328 e. The SMILES string of the molecule is COc1nc(OC)nc(O[C@@H]2O[C@H](CO)[C@H](O)[C@H](O)[C@H]2O)n1. The normalized spacial score (nSPS) is 31.6. The van der Waals surface area contributed by atoms with Crippen LogP contribution in [0.2, 0.25) is 0 Å². The van der Waals surface area contributed by atoms with Crippen molar-refractivity contribution in [2.45, 2.75) is 30.7 Å². The Balaban J connectivity index is 2.18. The van der Waals surface area contributed by atoms with Crippen LogP contribution < -0.4 is 14.2 Å². The molecule has 0 unspecified atom stereocenters. The number of nitrogens with zero attached hydrogens (tertiary/aromatic N) is 3. The van der Waals surface area contributed by atoms with Gasteiger partial charge < -0.3 is 39.4 Å². The maximum absolute atomic E-state index is 9.86. The molecular weight excluding hydrogens is 302 g/mol. The van der Waals surface area contributed by atoms with Gasteiger partial charge in [0.2, 0.25) is 6.29 Å². The molecule has 1 aromatic heterocycles. The maximum Gasteiger partial charge on any atom is 0.328 e. The van der Waals surface area contributed by atoms with Crippen molar-refractivity contribution in [2.75, 3.05) is 20.8 Å². The van der Waals surface area contributed by atoms with Gasteiger partial charge in [-0.05, 0) is 0 Å². The lowest BCUT2D eigenvalue weighted by Crippen LogP contribution is -2.60. The molecule has 2 heterocycles. The van der Waals surface area contributed by atoms with E-state index in [1.54, 1.807) is 0 Å². The highest BCUT2D eigenvalue weighted by atomic mass is 16.7. The summed E-state index contributed by atoms with van der Waals surface area (Å²) in [5, 5.41) is 38.3. The zero-order valence-electron chi connectivity index (χ0n) is 11.9. The van der Waals surface area contributed by atoms with Crippen molar-refractivity contribution < 1.29 is 39.4 Å². The summed E-state index contributed by atoms with van der Waals surface area (Å²) in [7, 11) is 2.65. The van der Waals surface area contributed by atoms with Crippen LogP contribution in [0.5, 0.6) is 18.0 Å². The summed E-state index contributed by atoms with van der Waals surface area (Å²) in [5.41, 5.74) is 0. The van der Waals surface area contributed by atoms with E-state index in [0.717, 1.165) is 0 Å². The van der Waals surface area contributed by atoms with Crippen LogP contribution in [0.25, 0.3) is 0 Å². The van der Waals surface area contributed by atoms with Crippen molar-refractivity contribution in [3.8, 4) is 18.0 Å². The van der Waals surface area contributed by atoms with Gasteiger partial charge in [0.05, 0.1) is 20.8 Å². The van der Waals surface area contributed by atoms with Crippen LogP contribution in [0.1, 0.15) is 0 Å². The van der Waals surface area contributed by atoms with Crippen molar-refractivity contribution in [1.29, 1.82) is 0 Å². The molecule has 0 saturated carbocycles. The van der Waals surface area contributed by atoms with Crippen molar-refractivity contribution >= 4 is 0 Å². The molecule has 1 aliphatic rings. The van der Waals surface area contributed by atoms with Crippen LogP contribution in [0.15, 0.2) is 0 Å². The molecule has 1 saturated heterocycles. The summed E-state index contributed by atoms with van der Waals surface area (Å²) >= 11 is 0. The van der Waals surface area contributed by atoms with E-state index >= 15 is 0 Å². The van der Waals surface area contributed by atoms with Gasteiger partial charge in [0.1, 0.15) is 24.4 Å². The first kappa shape index (κ1) is 16.6. The topological polar surface area (TPSA) is 157 Å². The minimum Gasteiger partial charge on any atom is -0.467 e. The summed E-state index contributed by atoms with van der Waals surface area (Å²) in [6, 6.07) is -0.467. The number of rotatable bonds is 5. The van der Waals surface area contributed by atoms with E-state index in [1.807, 2.05) is 0 Å². The van der Waals surface area contributed by atoms with Crippen LogP contribution in [0.3, 0.4) is 0 Å². The lowest BCUT2D eigenvalue weighted by atomic mass is 9.99. The number of aromatic nitrogens is 3. The van der Waals surface area contributed by atoms with E-state index in [4.69, 9.17) is 24.1 Å². The molecule has 5 atom stereocenters. The Kier molecular flexibility index (Phi) is 5.26. The average Bonchev–Trinajstić information content (AvgIpc) is 2.54. The van der Waals surface area contributed by atoms with Crippen molar-refractivity contribution in [3.63, 3.8) is 0 Å². The number of hydrogen-bond donors (Lipinski definition) is 4. The largest absolute Gasteiger partial charge is 0.467 e. The van der Waals surface area contributed by atoms with Gasteiger partial charge in [0.25, 0.3) is 0 Å². The lowest BCUT2D eigenvalue weighted by molar-refractivity contribution is -0.278. The second-order valence-corrected chi connectivity index (χ2v) is 4.41. The fraction of sp³-hybridized carbons (Fsp3) is 0.727. The molecule has 0 amide bonds. The Morgan fingerprint density at radius 3 is 1.95 bits per heavy atom. The zero-order chi connectivity index (χ0) is 16.3. The summed E-state index contributed by atoms with van der Waals surface area (Å²) in [5.74, 6) is 0. The molecule has 22 heavy (non-hydrogen) atoms. The molecule has 1 aliphatic heterocycles. The van der Waals surface area contributed by atoms with Gasteiger partial charge in [-0.25, -0.2) is 0 Å². The Hall–Kier alpha value is -1.79. The first-order valence-corrected chi connectivity index (χ1v) is 6.31. The number of aliphatic hydroxyl groups excluding tert-OH is 4. The number of ether oxygens (including phenoxy) is 4. The monoisotopic (exact) mass is 319 g/mol. The van der Waals surface area contributed by atoms with Gasteiger partial charge in [-0.2, -0.15) is 0 Å².